The number of aromatic nitrogens is 1. The molecule has 0 aliphatic heterocycles. The van der Waals surface area contributed by atoms with Crippen LogP contribution in [0, 0.1) is 0 Å². The molecular formula is C18H25ClN4O2. The van der Waals surface area contributed by atoms with E-state index in [0.29, 0.717) is 36.6 Å². The van der Waals surface area contributed by atoms with Crippen LogP contribution in [0.5, 0.6) is 5.75 Å². The molecule has 0 spiro atoms. The Bertz CT molecular complexity index is 668. The molecule has 0 atom stereocenters. The van der Waals surface area contributed by atoms with E-state index in [1.54, 1.807) is 12.1 Å². The molecule has 2 aromatic rings. The molecule has 0 radical (unpaired) electrons. The number of guanidine groups is 1. The molecule has 7 heteroatoms. The summed E-state index contributed by atoms with van der Waals surface area (Å²) in [4.78, 5) is 4.50. The van der Waals surface area contributed by atoms with Gasteiger partial charge < -0.3 is 19.9 Å². The molecular weight excluding hydrogens is 340 g/mol. The van der Waals surface area contributed by atoms with E-state index in [1.807, 2.05) is 25.1 Å². The number of hydrogen-bond acceptors (Lipinski definition) is 4. The van der Waals surface area contributed by atoms with Crippen LogP contribution in [0.2, 0.25) is 5.02 Å². The lowest BCUT2D eigenvalue weighted by Crippen LogP contribution is -2.39. The highest BCUT2D eigenvalue weighted by Gasteiger charge is 2.07. The minimum Gasteiger partial charge on any atom is -0.492 e. The lowest BCUT2D eigenvalue weighted by Gasteiger charge is -2.11. The highest BCUT2D eigenvalue weighted by molar-refractivity contribution is 6.30. The van der Waals surface area contributed by atoms with Gasteiger partial charge >= 0.3 is 0 Å². The molecule has 25 heavy (non-hydrogen) atoms. The molecule has 0 amide bonds. The van der Waals surface area contributed by atoms with Gasteiger partial charge in [-0.3, -0.25) is 0 Å². The van der Waals surface area contributed by atoms with E-state index in [2.05, 4.69) is 34.6 Å². The molecule has 0 bridgehead atoms. The molecule has 0 saturated heterocycles. The molecule has 1 aromatic heterocycles. The fourth-order valence-corrected chi connectivity index (χ4v) is 2.17. The van der Waals surface area contributed by atoms with E-state index in [9.17, 15) is 0 Å². The third-order valence-electron chi connectivity index (χ3n) is 3.38. The van der Waals surface area contributed by atoms with Gasteiger partial charge in [-0.2, -0.15) is 0 Å². The molecule has 0 fully saturated rings. The zero-order valence-electron chi connectivity index (χ0n) is 14.9. The highest BCUT2D eigenvalue weighted by Crippen LogP contribution is 2.15. The Morgan fingerprint density at radius 3 is 2.68 bits per heavy atom. The number of rotatable bonds is 8. The molecule has 0 saturated carbocycles. The largest absolute Gasteiger partial charge is 0.492 e. The number of benzene rings is 1. The SMILES string of the molecule is CCNC(=NCc1cc(C(C)C)no1)NCCOc1ccc(Cl)cc1. The van der Waals surface area contributed by atoms with Crippen LogP contribution in [0.1, 0.15) is 38.1 Å². The maximum absolute atomic E-state index is 5.85. The molecule has 2 N–H and O–H groups in total. The van der Waals surface area contributed by atoms with Gasteiger partial charge in [-0.25, -0.2) is 4.99 Å². The van der Waals surface area contributed by atoms with Crippen molar-refractivity contribution in [2.75, 3.05) is 19.7 Å². The summed E-state index contributed by atoms with van der Waals surface area (Å²) >= 11 is 5.85. The van der Waals surface area contributed by atoms with Gasteiger partial charge in [-0.1, -0.05) is 30.6 Å². The topological polar surface area (TPSA) is 71.7 Å². The van der Waals surface area contributed by atoms with E-state index in [0.717, 1.165) is 23.7 Å². The van der Waals surface area contributed by atoms with Crippen molar-refractivity contribution in [1.82, 2.24) is 15.8 Å². The first-order chi connectivity index (χ1) is 12.1. The number of hydrogen-bond donors (Lipinski definition) is 2. The Hall–Kier alpha value is -2.21. The van der Waals surface area contributed by atoms with Crippen LogP contribution in [-0.2, 0) is 6.54 Å². The second kappa shape index (κ2) is 9.93. The van der Waals surface area contributed by atoms with Crippen LogP contribution in [0.15, 0.2) is 39.8 Å². The summed E-state index contributed by atoms with van der Waals surface area (Å²) in [6.07, 6.45) is 0. The maximum Gasteiger partial charge on any atom is 0.191 e. The molecule has 0 unspecified atom stereocenters. The van der Waals surface area contributed by atoms with Gasteiger partial charge in [-0.15, -0.1) is 0 Å². The first-order valence-corrected chi connectivity index (χ1v) is 8.82. The summed E-state index contributed by atoms with van der Waals surface area (Å²) < 4.78 is 10.9. The number of nitrogens with one attached hydrogen (secondary N) is 2. The summed E-state index contributed by atoms with van der Waals surface area (Å²) in [6, 6.07) is 9.24. The Kier molecular flexibility index (Phi) is 7.60. The van der Waals surface area contributed by atoms with Crippen LogP contribution < -0.4 is 15.4 Å². The smallest absolute Gasteiger partial charge is 0.191 e. The summed E-state index contributed by atoms with van der Waals surface area (Å²) in [5, 5.41) is 11.2. The van der Waals surface area contributed by atoms with Crippen LogP contribution in [0.3, 0.4) is 0 Å². The first-order valence-electron chi connectivity index (χ1n) is 8.44. The Labute approximate surface area is 153 Å². The Morgan fingerprint density at radius 2 is 2.04 bits per heavy atom. The second-order valence-corrected chi connectivity index (χ2v) is 6.23. The zero-order chi connectivity index (χ0) is 18.1. The molecule has 136 valence electrons. The van der Waals surface area contributed by atoms with Crippen LogP contribution in [0.25, 0.3) is 0 Å². The lowest BCUT2D eigenvalue weighted by atomic mass is 10.1. The highest BCUT2D eigenvalue weighted by atomic mass is 35.5. The normalized spacial score (nSPS) is 11.6. The minimum absolute atomic E-state index is 0.345. The number of nitrogens with zero attached hydrogens (tertiary/aromatic N) is 2. The fourth-order valence-electron chi connectivity index (χ4n) is 2.04. The molecule has 2 rings (SSSR count). The fraction of sp³-hybridized carbons (Fsp3) is 0.444. The van der Waals surface area contributed by atoms with Crippen molar-refractivity contribution in [1.29, 1.82) is 0 Å². The van der Waals surface area contributed by atoms with Crippen molar-refractivity contribution >= 4 is 17.6 Å². The summed E-state index contributed by atoms with van der Waals surface area (Å²) in [7, 11) is 0. The average molecular weight is 365 g/mol. The predicted molar refractivity (Wildman–Crippen MR) is 100 cm³/mol. The first kappa shape index (κ1) is 19.1. The van der Waals surface area contributed by atoms with E-state index in [4.69, 9.17) is 20.9 Å². The van der Waals surface area contributed by atoms with Crippen molar-refractivity contribution in [3.63, 3.8) is 0 Å². The van der Waals surface area contributed by atoms with E-state index in [1.165, 1.54) is 0 Å². The van der Waals surface area contributed by atoms with Crippen LogP contribution in [0.4, 0.5) is 0 Å². The van der Waals surface area contributed by atoms with Crippen molar-refractivity contribution in [2.45, 2.75) is 33.2 Å². The van der Waals surface area contributed by atoms with Gasteiger partial charge in [0.2, 0.25) is 0 Å². The van der Waals surface area contributed by atoms with Crippen LogP contribution >= 0.6 is 11.6 Å². The number of ether oxygens (including phenoxy) is 1. The second-order valence-electron chi connectivity index (χ2n) is 5.80. The van der Waals surface area contributed by atoms with Crippen molar-refractivity contribution < 1.29 is 9.26 Å². The van der Waals surface area contributed by atoms with Crippen molar-refractivity contribution in [3.8, 4) is 5.75 Å². The molecule has 0 aliphatic carbocycles. The average Bonchev–Trinajstić information content (AvgIpc) is 3.07. The monoisotopic (exact) mass is 364 g/mol. The summed E-state index contributed by atoms with van der Waals surface area (Å²) in [5.41, 5.74) is 0.944. The van der Waals surface area contributed by atoms with Gasteiger partial charge in [0, 0.05) is 17.6 Å². The van der Waals surface area contributed by atoms with Crippen LogP contribution in [-0.4, -0.2) is 30.8 Å². The van der Waals surface area contributed by atoms with Crippen molar-refractivity contribution in [3.05, 3.63) is 46.8 Å². The lowest BCUT2D eigenvalue weighted by molar-refractivity contribution is 0.322. The van der Waals surface area contributed by atoms with Gasteiger partial charge in [0.1, 0.15) is 18.9 Å². The predicted octanol–water partition coefficient (Wildman–Crippen LogP) is 3.59. The molecule has 1 aromatic carbocycles. The van der Waals surface area contributed by atoms with Gasteiger partial charge in [0.05, 0.1) is 12.2 Å². The zero-order valence-corrected chi connectivity index (χ0v) is 15.6. The van der Waals surface area contributed by atoms with Crippen molar-refractivity contribution in [2.24, 2.45) is 4.99 Å². The third-order valence-corrected chi connectivity index (χ3v) is 3.63. The number of halogens is 1. The molecule has 0 aliphatic rings. The number of aliphatic imine (C=N–C) groups is 1. The van der Waals surface area contributed by atoms with E-state index in [-0.39, 0.29) is 0 Å². The van der Waals surface area contributed by atoms with Gasteiger partial charge in [-0.05, 0) is 37.1 Å². The Balaban J connectivity index is 1.79. The quantitative estimate of drug-likeness (QED) is 0.425. The summed E-state index contributed by atoms with van der Waals surface area (Å²) in [6.45, 7) is 8.54. The van der Waals surface area contributed by atoms with Gasteiger partial charge in [0.25, 0.3) is 0 Å². The summed E-state index contributed by atoms with van der Waals surface area (Å²) in [5.74, 6) is 2.59. The third kappa shape index (κ3) is 6.66. The molecule has 1 heterocycles. The Morgan fingerprint density at radius 1 is 1.28 bits per heavy atom. The van der Waals surface area contributed by atoms with E-state index >= 15 is 0 Å². The van der Waals surface area contributed by atoms with E-state index < -0.39 is 0 Å². The standard InChI is InChI=1S/C18H25ClN4O2/c1-4-20-18(22-12-16-11-17(13(2)3)23-25-16)21-9-10-24-15-7-5-14(19)6-8-15/h5-8,11,13H,4,9-10,12H2,1-3H3,(H2,20,21,22). The molecule has 6 nitrogen and oxygen atoms in total. The minimum atomic E-state index is 0.345. The van der Waals surface area contributed by atoms with Gasteiger partial charge in [0.15, 0.2) is 11.7 Å². The maximum atomic E-state index is 5.85.